The first-order valence-corrected chi connectivity index (χ1v) is 9.23. The lowest BCUT2D eigenvalue weighted by Crippen LogP contribution is -2.53. The maximum absolute atomic E-state index is 14.0. The van der Waals surface area contributed by atoms with Gasteiger partial charge in [0.05, 0.1) is 11.3 Å². The number of hydrogen-bond acceptors (Lipinski definition) is 4. The van der Waals surface area contributed by atoms with Crippen molar-refractivity contribution in [2.75, 3.05) is 18.0 Å². The molecule has 5 nitrogen and oxygen atoms in total. The predicted octanol–water partition coefficient (Wildman–Crippen LogP) is 4.10. The van der Waals surface area contributed by atoms with Crippen LogP contribution in [0.1, 0.15) is 38.1 Å². The number of rotatable bonds is 3. The molecule has 3 rings (SSSR count). The molecular formula is C20H22F4N4O. The van der Waals surface area contributed by atoms with Crippen molar-refractivity contribution in [3.8, 4) is 11.3 Å². The highest BCUT2D eigenvalue weighted by atomic mass is 19.4. The standard InChI is InChI=1S/C20H22F4N4O/c1-12-25-17(14-4-5-15(16(21)10-14)20(22,23)24)11-18(26-12)28-8-6-19(3,7-9-28)27-13(2)29/h4-5,10-11H,6-9H2,1-3H3,(H,27,29). The zero-order valence-corrected chi connectivity index (χ0v) is 16.4. The van der Waals surface area contributed by atoms with E-state index in [4.69, 9.17) is 0 Å². The van der Waals surface area contributed by atoms with Crippen LogP contribution in [0.4, 0.5) is 23.4 Å². The summed E-state index contributed by atoms with van der Waals surface area (Å²) in [6.07, 6.45) is -3.30. The monoisotopic (exact) mass is 410 g/mol. The van der Waals surface area contributed by atoms with Crippen molar-refractivity contribution in [3.05, 3.63) is 41.5 Å². The van der Waals surface area contributed by atoms with Crippen LogP contribution in [0.15, 0.2) is 24.3 Å². The summed E-state index contributed by atoms with van der Waals surface area (Å²) in [7, 11) is 0. The maximum Gasteiger partial charge on any atom is 0.419 e. The van der Waals surface area contributed by atoms with Crippen LogP contribution in [0.3, 0.4) is 0 Å². The SMILES string of the molecule is CC(=O)NC1(C)CCN(c2cc(-c3ccc(C(F)(F)F)c(F)c3)nc(C)n2)CC1. The van der Waals surface area contributed by atoms with Gasteiger partial charge in [-0.05, 0) is 38.8 Å². The second-order valence-corrected chi connectivity index (χ2v) is 7.58. The topological polar surface area (TPSA) is 58.1 Å². The molecule has 1 aliphatic rings. The summed E-state index contributed by atoms with van der Waals surface area (Å²) in [4.78, 5) is 22.1. The fourth-order valence-electron chi connectivity index (χ4n) is 3.55. The highest BCUT2D eigenvalue weighted by Crippen LogP contribution is 2.34. The smallest absolute Gasteiger partial charge is 0.356 e. The van der Waals surface area contributed by atoms with Crippen LogP contribution in [0, 0.1) is 12.7 Å². The van der Waals surface area contributed by atoms with Crippen molar-refractivity contribution >= 4 is 11.7 Å². The number of nitrogens with one attached hydrogen (secondary N) is 1. The normalized spacial score (nSPS) is 16.6. The number of alkyl halides is 3. The van der Waals surface area contributed by atoms with Gasteiger partial charge in [0, 0.05) is 37.2 Å². The first-order chi connectivity index (χ1) is 13.5. The molecule has 156 valence electrons. The van der Waals surface area contributed by atoms with E-state index in [2.05, 4.69) is 15.3 Å². The van der Waals surface area contributed by atoms with E-state index < -0.39 is 17.6 Å². The molecule has 0 aliphatic carbocycles. The van der Waals surface area contributed by atoms with Gasteiger partial charge in [0.1, 0.15) is 17.5 Å². The van der Waals surface area contributed by atoms with Gasteiger partial charge in [-0.3, -0.25) is 4.79 Å². The predicted molar refractivity (Wildman–Crippen MR) is 101 cm³/mol. The first kappa shape index (κ1) is 21.0. The van der Waals surface area contributed by atoms with Crippen molar-refractivity contribution in [2.45, 2.75) is 45.3 Å². The summed E-state index contributed by atoms with van der Waals surface area (Å²) in [5.74, 6) is -0.354. The fourth-order valence-corrected chi connectivity index (χ4v) is 3.55. The summed E-state index contributed by atoms with van der Waals surface area (Å²) in [6.45, 7) is 6.45. The molecule has 9 heteroatoms. The van der Waals surface area contributed by atoms with E-state index in [1.807, 2.05) is 11.8 Å². The molecule has 2 heterocycles. The number of anilines is 1. The van der Waals surface area contributed by atoms with E-state index in [0.717, 1.165) is 25.0 Å². The van der Waals surface area contributed by atoms with Crippen molar-refractivity contribution in [3.63, 3.8) is 0 Å². The van der Waals surface area contributed by atoms with Crippen LogP contribution in [0.2, 0.25) is 0 Å². The second kappa shape index (κ2) is 7.61. The molecule has 1 N–H and O–H groups in total. The van der Waals surface area contributed by atoms with Gasteiger partial charge in [0.15, 0.2) is 0 Å². The number of nitrogens with zero attached hydrogens (tertiary/aromatic N) is 3. The van der Waals surface area contributed by atoms with Gasteiger partial charge in [-0.2, -0.15) is 13.2 Å². The molecule has 1 aromatic carbocycles. The number of piperidine rings is 1. The molecule has 2 aromatic rings. The van der Waals surface area contributed by atoms with Gasteiger partial charge in [-0.1, -0.05) is 6.07 Å². The Kier molecular flexibility index (Phi) is 5.51. The lowest BCUT2D eigenvalue weighted by Gasteiger charge is -2.40. The van der Waals surface area contributed by atoms with Gasteiger partial charge < -0.3 is 10.2 Å². The Morgan fingerprint density at radius 2 is 1.83 bits per heavy atom. The maximum atomic E-state index is 14.0. The molecule has 0 radical (unpaired) electrons. The third-order valence-electron chi connectivity index (χ3n) is 5.06. The Labute approximate surface area is 166 Å². The van der Waals surface area contributed by atoms with Crippen LogP contribution < -0.4 is 10.2 Å². The van der Waals surface area contributed by atoms with Crippen molar-refractivity contribution < 1.29 is 22.4 Å². The number of amides is 1. The zero-order chi connectivity index (χ0) is 21.4. The molecule has 1 fully saturated rings. The number of benzene rings is 1. The van der Waals surface area contributed by atoms with E-state index in [1.54, 1.807) is 13.0 Å². The summed E-state index contributed by atoms with van der Waals surface area (Å²) >= 11 is 0. The highest BCUT2D eigenvalue weighted by molar-refractivity contribution is 5.73. The quantitative estimate of drug-likeness (QED) is 0.774. The van der Waals surface area contributed by atoms with E-state index >= 15 is 0 Å². The molecular weight excluding hydrogens is 388 g/mol. The van der Waals surface area contributed by atoms with Gasteiger partial charge in [-0.25, -0.2) is 14.4 Å². The van der Waals surface area contributed by atoms with Crippen LogP contribution in [0.5, 0.6) is 0 Å². The van der Waals surface area contributed by atoms with Gasteiger partial charge >= 0.3 is 6.18 Å². The Morgan fingerprint density at radius 1 is 1.17 bits per heavy atom. The lowest BCUT2D eigenvalue weighted by atomic mass is 9.89. The number of aryl methyl sites for hydroxylation is 1. The Morgan fingerprint density at radius 3 is 2.38 bits per heavy atom. The summed E-state index contributed by atoms with van der Waals surface area (Å²) < 4.78 is 52.4. The summed E-state index contributed by atoms with van der Waals surface area (Å²) in [5.41, 5.74) is -0.984. The van der Waals surface area contributed by atoms with Crippen LogP contribution in [-0.4, -0.2) is 34.5 Å². The average Bonchev–Trinajstić information content (AvgIpc) is 2.59. The molecule has 0 spiro atoms. The molecule has 0 unspecified atom stereocenters. The van der Waals surface area contributed by atoms with Gasteiger partial charge in [0.25, 0.3) is 0 Å². The van der Waals surface area contributed by atoms with Crippen LogP contribution >= 0.6 is 0 Å². The molecule has 29 heavy (non-hydrogen) atoms. The minimum atomic E-state index is -4.75. The zero-order valence-electron chi connectivity index (χ0n) is 16.4. The van der Waals surface area contributed by atoms with Crippen LogP contribution in [0.25, 0.3) is 11.3 Å². The first-order valence-electron chi connectivity index (χ1n) is 9.23. The number of carbonyl (C=O) groups is 1. The minimum absolute atomic E-state index is 0.0783. The largest absolute Gasteiger partial charge is 0.419 e. The van der Waals surface area contributed by atoms with E-state index in [0.29, 0.717) is 30.4 Å². The van der Waals surface area contributed by atoms with E-state index in [-0.39, 0.29) is 17.0 Å². The average molecular weight is 410 g/mol. The Bertz CT molecular complexity index is 921. The molecule has 0 atom stereocenters. The number of hydrogen-bond donors (Lipinski definition) is 1. The second-order valence-electron chi connectivity index (χ2n) is 7.58. The molecule has 1 aliphatic heterocycles. The van der Waals surface area contributed by atoms with Crippen molar-refractivity contribution in [2.24, 2.45) is 0 Å². The van der Waals surface area contributed by atoms with Gasteiger partial charge in [-0.15, -0.1) is 0 Å². The van der Waals surface area contributed by atoms with E-state index in [9.17, 15) is 22.4 Å². The Hall–Kier alpha value is -2.71. The molecule has 1 aromatic heterocycles. The third-order valence-corrected chi connectivity index (χ3v) is 5.06. The Balaban J connectivity index is 1.85. The fraction of sp³-hybridized carbons (Fsp3) is 0.450. The highest BCUT2D eigenvalue weighted by Gasteiger charge is 2.34. The number of halogens is 4. The molecule has 0 saturated carbocycles. The lowest BCUT2D eigenvalue weighted by molar-refractivity contribution is -0.140. The van der Waals surface area contributed by atoms with Crippen LogP contribution in [-0.2, 0) is 11.0 Å². The van der Waals surface area contributed by atoms with E-state index in [1.165, 1.54) is 13.0 Å². The molecule has 1 amide bonds. The number of aromatic nitrogens is 2. The molecule has 1 saturated heterocycles. The van der Waals surface area contributed by atoms with Crippen molar-refractivity contribution in [1.29, 1.82) is 0 Å². The summed E-state index contributed by atoms with van der Waals surface area (Å²) in [5, 5.41) is 2.97. The number of carbonyl (C=O) groups excluding carboxylic acids is 1. The summed E-state index contributed by atoms with van der Waals surface area (Å²) in [6, 6.07) is 4.43. The third kappa shape index (κ3) is 4.83. The van der Waals surface area contributed by atoms with Gasteiger partial charge in [0.2, 0.25) is 5.91 Å². The minimum Gasteiger partial charge on any atom is -0.356 e. The molecule has 0 bridgehead atoms. The van der Waals surface area contributed by atoms with Crippen molar-refractivity contribution in [1.82, 2.24) is 15.3 Å².